The molecule has 93 valence electrons. The second-order valence-electron chi connectivity index (χ2n) is 4.49. The van der Waals surface area contributed by atoms with E-state index in [0.717, 1.165) is 6.42 Å². The molecule has 0 fully saturated rings. The lowest BCUT2D eigenvalue weighted by molar-refractivity contribution is 0.561. The van der Waals surface area contributed by atoms with Crippen LogP contribution in [0.2, 0.25) is 0 Å². The predicted octanol–water partition coefficient (Wildman–Crippen LogP) is 5.85. The van der Waals surface area contributed by atoms with E-state index in [1.807, 2.05) is 12.2 Å². The van der Waals surface area contributed by atoms with Gasteiger partial charge in [0.2, 0.25) is 0 Å². The zero-order valence-corrected chi connectivity index (χ0v) is 10.9. The molecule has 0 spiro atoms. The van der Waals surface area contributed by atoms with Gasteiger partial charge >= 0.3 is 0 Å². The zero-order chi connectivity index (χ0) is 11.9. The van der Waals surface area contributed by atoms with Gasteiger partial charge in [-0.15, -0.1) is 0 Å². The second kappa shape index (κ2) is 14.5. The number of allylic oxidation sites excluding steroid dienone is 3. The van der Waals surface area contributed by atoms with Crippen LogP contribution in [0.3, 0.4) is 0 Å². The monoisotopic (exact) mass is 221 g/mol. The van der Waals surface area contributed by atoms with Crippen LogP contribution in [0, 0.1) is 6.92 Å². The maximum atomic E-state index is 3.86. The maximum absolute atomic E-state index is 3.86. The van der Waals surface area contributed by atoms with E-state index in [1.165, 1.54) is 64.2 Å². The highest BCUT2D eigenvalue weighted by Crippen LogP contribution is 2.11. The summed E-state index contributed by atoms with van der Waals surface area (Å²) in [6.07, 6.45) is 21.0. The summed E-state index contributed by atoms with van der Waals surface area (Å²) >= 11 is 0. The van der Waals surface area contributed by atoms with Crippen molar-refractivity contribution < 1.29 is 0 Å². The molecule has 0 nitrogen and oxygen atoms in total. The summed E-state index contributed by atoms with van der Waals surface area (Å²) < 4.78 is 0. The summed E-state index contributed by atoms with van der Waals surface area (Å²) in [5.74, 6) is 0. The van der Waals surface area contributed by atoms with Gasteiger partial charge in [-0.1, -0.05) is 89.5 Å². The summed E-state index contributed by atoms with van der Waals surface area (Å²) in [7, 11) is 0. The van der Waals surface area contributed by atoms with Gasteiger partial charge in [0.05, 0.1) is 0 Å². The van der Waals surface area contributed by atoms with Crippen molar-refractivity contribution in [3.63, 3.8) is 0 Å². The van der Waals surface area contributed by atoms with Gasteiger partial charge in [-0.05, 0) is 12.8 Å². The molecule has 0 unspecified atom stereocenters. The van der Waals surface area contributed by atoms with Gasteiger partial charge in [0.15, 0.2) is 0 Å². The number of unbranched alkanes of at least 4 members (excludes halogenated alkanes) is 10. The first kappa shape index (κ1) is 15.5. The van der Waals surface area contributed by atoms with Gasteiger partial charge in [0.1, 0.15) is 0 Å². The van der Waals surface area contributed by atoms with Crippen LogP contribution in [-0.4, -0.2) is 0 Å². The van der Waals surface area contributed by atoms with Gasteiger partial charge < -0.3 is 0 Å². The Morgan fingerprint density at radius 1 is 0.688 bits per heavy atom. The smallest absolute Gasteiger partial charge is 0.0348 e. The van der Waals surface area contributed by atoms with Crippen LogP contribution in [-0.2, 0) is 0 Å². The average Bonchev–Trinajstić information content (AvgIpc) is 2.31. The van der Waals surface area contributed by atoms with Crippen molar-refractivity contribution in [2.24, 2.45) is 0 Å². The van der Waals surface area contributed by atoms with E-state index in [0.29, 0.717) is 0 Å². The van der Waals surface area contributed by atoms with Gasteiger partial charge in [-0.25, -0.2) is 0 Å². The van der Waals surface area contributed by atoms with Crippen molar-refractivity contribution >= 4 is 0 Å². The van der Waals surface area contributed by atoms with Crippen LogP contribution < -0.4 is 0 Å². The van der Waals surface area contributed by atoms with Crippen LogP contribution in [0.4, 0.5) is 0 Å². The number of rotatable bonds is 12. The van der Waals surface area contributed by atoms with Crippen molar-refractivity contribution in [2.75, 3.05) is 0 Å². The molecule has 0 atom stereocenters. The first-order valence-corrected chi connectivity index (χ1v) is 6.98. The summed E-state index contributed by atoms with van der Waals surface area (Å²) in [5.41, 5.74) is 0. The Hall–Kier alpha value is -0.520. The molecule has 0 aromatic carbocycles. The summed E-state index contributed by atoms with van der Waals surface area (Å²) in [6.45, 7) is 7.52. The lowest BCUT2D eigenvalue weighted by Gasteiger charge is -2.01. The maximum Gasteiger partial charge on any atom is -0.0348 e. The minimum absolute atomic E-state index is 1.11. The third-order valence-electron chi connectivity index (χ3n) is 2.89. The molecule has 0 aliphatic rings. The second-order valence-corrected chi connectivity index (χ2v) is 4.49. The third-order valence-corrected chi connectivity index (χ3v) is 2.89. The minimum atomic E-state index is 1.11. The summed E-state index contributed by atoms with van der Waals surface area (Å²) in [4.78, 5) is 0. The molecule has 0 aliphatic carbocycles. The zero-order valence-electron chi connectivity index (χ0n) is 10.9. The van der Waals surface area contributed by atoms with E-state index >= 15 is 0 Å². The highest BCUT2D eigenvalue weighted by molar-refractivity contribution is 4.96. The third kappa shape index (κ3) is 13.5. The Balaban J connectivity index is 2.93. The summed E-state index contributed by atoms with van der Waals surface area (Å²) in [5, 5.41) is 0. The largest absolute Gasteiger partial charge is 0.0991 e. The average molecular weight is 221 g/mol. The molecule has 0 bridgehead atoms. The van der Waals surface area contributed by atoms with E-state index < -0.39 is 0 Å². The van der Waals surface area contributed by atoms with Crippen molar-refractivity contribution in [3.05, 3.63) is 31.7 Å². The lowest BCUT2D eigenvalue weighted by atomic mass is 10.1. The van der Waals surface area contributed by atoms with Crippen LogP contribution in [0.1, 0.15) is 70.6 Å². The van der Waals surface area contributed by atoms with Crippen molar-refractivity contribution in [3.8, 4) is 0 Å². The number of hydrogen-bond acceptors (Lipinski definition) is 0. The quantitative estimate of drug-likeness (QED) is 0.286. The molecule has 16 heavy (non-hydrogen) atoms. The predicted molar refractivity (Wildman–Crippen MR) is 75.5 cm³/mol. The lowest BCUT2D eigenvalue weighted by Crippen LogP contribution is -1.81. The topological polar surface area (TPSA) is 0 Å². The highest BCUT2D eigenvalue weighted by atomic mass is 14.0. The van der Waals surface area contributed by atoms with Crippen LogP contribution >= 0.6 is 0 Å². The SMILES string of the molecule is [CH2]CCCCCCCCCCCC=CC=C. The number of hydrogen-bond donors (Lipinski definition) is 0. The molecule has 0 aromatic heterocycles. The van der Waals surface area contributed by atoms with Gasteiger partial charge in [0, 0.05) is 0 Å². The molecule has 0 saturated heterocycles. The molecule has 0 heterocycles. The molecule has 0 rings (SSSR count). The van der Waals surface area contributed by atoms with Crippen molar-refractivity contribution in [1.29, 1.82) is 0 Å². The molecule has 0 amide bonds. The molecule has 0 heteroatoms. The van der Waals surface area contributed by atoms with E-state index in [1.54, 1.807) is 0 Å². The Morgan fingerprint density at radius 2 is 1.19 bits per heavy atom. The fraction of sp³-hybridized carbons (Fsp3) is 0.688. The first-order chi connectivity index (χ1) is 7.91. The Bertz CT molecular complexity index is 155. The standard InChI is InChI=1S/C16H29/c1-3-5-7-9-11-13-15-16-14-12-10-8-6-4-2/h3,5,7H,1-2,4,6,8-16H2. The summed E-state index contributed by atoms with van der Waals surface area (Å²) in [6, 6.07) is 0. The molecule has 1 radical (unpaired) electrons. The van der Waals surface area contributed by atoms with Crippen molar-refractivity contribution in [1.82, 2.24) is 0 Å². The van der Waals surface area contributed by atoms with Gasteiger partial charge in [-0.2, -0.15) is 0 Å². The van der Waals surface area contributed by atoms with Crippen LogP contribution in [0.15, 0.2) is 24.8 Å². The Labute approximate surface area is 103 Å². The molecule has 0 saturated carbocycles. The molecule has 0 aromatic rings. The minimum Gasteiger partial charge on any atom is -0.0991 e. The van der Waals surface area contributed by atoms with Crippen LogP contribution in [0.5, 0.6) is 0 Å². The molecular weight excluding hydrogens is 192 g/mol. The molecule has 0 N–H and O–H groups in total. The van der Waals surface area contributed by atoms with Gasteiger partial charge in [0.25, 0.3) is 0 Å². The van der Waals surface area contributed by atoms with Gasteiger partial charge in [-0.3, -0.25) is 0 Å². The molecular formula is C16H29. The Kier molecular flexibility index (Phi) is 14.0. The fourth-order valence-corrected chi connectivity index (χ4v) is 1.87. The fourth-order valence-electron chi connectivity index (χ4n) is 1.87. The Morgan fingerprint density at radius 3 is 1.69 bits per heavy atom. The van der Waals surface area contributed by atoms with E-state index in [-0.39, 0.29) is 0 Å². The first-order valence-electron chi connectivity index (χ1n) is 6.98. The molecule has 0 aliphatic heterocycles. The van der Waals surface area contributed by atoms with E-state index in [9.17, 15) is 0 Å². The van der Waals surface area contributed by atoms with E-state index in [4.69, 9.17) is 0 Å². The highest BCUT2D eigenvalue weighted by Gasteiger charge is 1.91. The normalized spacial score (nSPS) is 11.1. The van der Waals surface area contributed by atoms with E-state index in [2.05, 4.69) is 19.6 Å². The van der Waals surface area contributed by atoms with Crippen LogP contribution in [0.25, 0.3) is 0 Å². The van der Waals surface area contributed by atoms with Crippen molar-refractivity contribution in [2.45, 2.75) is 70.6 Å².